The van der Waals surface area contributed by atoms with E-state index in [-0.39, 0.29) is 5.69 Å². The zero-order valence-electron chi connectivity index (χ0n) is 10.6. The van der Waals surface area contributed by atoms with Crippen LogP contribution in [0.25, 0.3) is 0 Å². The fraction of sp³-hybridized carbons (Fsp3) is 0.250. The Morgan fingerprint density at radius 1 is 1.50 bits per heavy atom. The summed E-state index contributed by atoms with van der Waals surface area (Å²) in [7, 11) is 0. The van der Waals surface area contributed by atoms with E-state index >= 15 is 0 Å². The predicted octanol–water partition coefficient (Wildman–Crippen LogP) is 3.82. The Morgan fingerprint density at radius 3 is 3.00 bits per heavy atom. The summed E-state index contributed by atoms with van der Waals surface area (Å²) >= 11 is 4.73. The number of thiazole rings is 1. The van der Waals surface area contributed by atoms with Crippen LogP contribution in [0.3, 0.4) is 0 Å². The summed E-state index contributed by atoms with van der Waals surface area (Å²) in [6.07, 6.45) is 1.73. The molecule has 2 aromatic rings. The number of halogens is 1. The maximum atomic E-state index is 10.8. The Hall–Kier alpha value is -1.67. The van der Waals surface area contributed by atoms with E-state index in [0.717, 1.165) is 16.6 Å². The molecule has 1 N–H and O–H groups in total. The van der Waals surface area contributed by atoms with Crippen LogP contribution in [0.5, 0.6) is 5.75 Å². The molecule has 0 aliphatic rings. The van der Waals surface area contributed by atoms with Crippen molar-refractivity contribution < 1.29 is 9.66 Å². The van der Waals surface area contributed by atoms with Crippen LogP contribution in [0.15, 0.2) is 28.9 Å². The number of nitro groups is 1. The zero-order chi connectivity index (χ0) is 14.5. The number of nitrogens with zero attached hydrogens (tertiary/aromatic N) is 2. The molecule has 0 aliphatic heterocycles. The minimum atomic E-state index is -0.451. The van der Waals surface area contributed by atoms with Gasteiger partial charge in [-0.1, -0.05) is 27.3 Å². The van der Waals surface area contributed by atoms with E-state index in [1.807, 2.05) is 6.92 Å². The first-order valence-corrected chi connectivity index (χ1v) is 7.46. The first-order valence-electron chi connectivity index (χ1n) is 5.85. The molecule has 0 unspecified atom stereocenters. The summed E-state index contributed by atoms with van der Waals surface area (Å²) in [6, 6.07) is 4.53. The molecule has 0 saturated heterocycles. The maximum absolute atomic E-state index is 10.8. The van der Waals surface area contributed by atoms with Crippen molar-refractivity contribution in [3.05, 3.63) is 43.9 Å². The van der Waals surface area contributed by atoms with Crippen molar-refractivity contribution in [3.63, 3.8) is 0 Å². The van der Waals surface area contributed by atoms with E-state index in [1.165, 1.54) is 23.5 Å². The highest BCUT2D eigenvalue weighted by Gasteiger charge is 2.10. The van der Waals surface area contributed by atoms with Crippen LogP contribution >= 0.6 is 27.3 Å². The van der Waals surface area contributed by atoms with Gasteiger partial charge in [0.1, 0.15) is 12.4 Å². The first-order chi connectivity index (χ1) is 9.58. The van der Waals surface area contributed by atoms with Gasteiger partial charge in [0.05, 0.1) is 15.9 Å². The van der Waals surface area contributed by atoms with Crippen LogP contribution < -0.4 is 10.1 Å². The number of ether oxygens (including phenoxy) is 1. The zero-order valence-corrected chi connectivity index (χ0v) is 13.0. The van der Waals surface area contributed by atoms with Crippen LogP contribution in [-0.4, -0.2) is 16.5 Å². The lowest BCUT2D eigenvalue weighted by Gasteiger charge is -2.04. The molecular formula is C12H12BrN3O3S. The van der Waals surface area contributed by atoms with Crippen LogP contribution in [0.4, 0.5) is 10.8 Å². The molecule has 1 aromatic carbocycles. The molecule has 0 aliphatic carbocycles. The van der Waals surface area contributed by atoms with Gasteiger partial charge in [0, 0.05) is 23.3 Å². The molecule has 106 valence electrons. The molecule has 8 heteroatoms. The van der Waals surface area contributed by atoms with E-state index in [1.54, 1.807) is 12.3 Å². The number of hydrogen-bond donors (Lipinski definition) is 1. The SMILES string of the molecule is CCNc1ncc(COc2cc(Br)cc([N+](=O)[O-])c2)s1. The van der Waals surface area contributed by atoms with Crippen molar-refractivity contribution in [1.82, 2.24) is 4.98 Å². The molecule has 0 saturated carbocycles. The van der Waals surface area contributed by atoms with Crippen LogP contribution in [0, 0.1) is 10.1 Å². The van der Waals surface area contributed by atoms with Crippen molar-refractivity contribution in [3.8, 4) is 5.75 Å². The lowest BCUT2D eigenvalue weighted by Crippen LogP contribution is -1.95. The second kappa shape index (κ2) is 6.67. The van der Waals surface area contributed by atoms with E-state index in [2.05, 4.69) is 26.2 Å². The Balaban J connectivity index is 2.04. The molecule has 0 bridgehead atoms. The molecule has 1 aromatic heterocycles. The Labute approximate surface area is 128 Å². The molecule has 0 spiro atoms. The number of aromatic nitrogens is 1. The maximum Gasteiger partial charge on any atom is 0.274 e. The van der Waals surface area contributed by atoms with Gasteiger partial charge in [0.25, 0.3) is 5.69 Å². The van der Waals surface area contributed by atoms with Gasteiger partial charge in [-0.25, -0.2) is 4.98 Å². The second-order valence-corrected chi connectivity index (χ2v) is 5.88. The van der Waals surface area contributed by atoms with Crippen molar-refractivity contribution in [1.29, 1.82) is 0 Å². The van der Waals surface area contributed by atoms with Gasteiger partial charge < -0.3 is 10.1 Å². The number of non-ortho nitro benzene ring substituents is 1. The Morgan fingerprint density at radius 2 is 2.30 bits per heavy atom. The van der Waals surface area contributed by atoms with Crippen LogP contribution in [0.1, 0.15) is 11.8 Å². The number of rotatable bonds is 6. The van der Waals surface area contributed by atoms with Gasteiger partial charge in [-0.3, -0.25) is 10.1 Å². The standard InChI is InChI=1S/C12H12BrN3O3S/c1-2-14-12-15-6-11(20-12)7-19-10-4-8(13)3-9(5-10)16(17)18/h3-6H,2,7H2,1H3,(H,14,15). The average molecular weight is 358 g/mol. The fourth-order valence-electron chi connectivity index (χ4n) is 1.50. The minimum Gasteiger partial charge on any atom is -0.488 e. The number of anilines is 1. The van der Waals surface area contributed by atoms with E-state index < -0.39 is 4.92 Å². The molecular weight excluding hydrogens is 346 g/mol. The molecule has 0 fully saturated rings. The monoisotopic (exact) mass is 357 g/mol. The van der Waals surface area contributed by atoms with Crippen molar-refractivity contribution in [2.45, 2.75) is 13.5 Å². The summed E-state index contributed by atoms with van der Waals surface area (Å²) in [4.78, 5) is 15.5. The molecule has 0 radical (unpaired) electrons. The van der Waals surface area contributed by atoms with Crippen molar-refractivity contribution >= 4 is 38.1 Å². The lowest BCUT2D eigenvalue weighted by molar-refractivity contribution is -0.385. The van der Waals surface area contributed by atoms with Gasteiger partial charge in [-0.2, -0.15) is 0 Å². The predicted molar refractivity (Wildman–Crippen MR) is 81.4 cm³/mol. The van der Waals surface area contributed by atoms with Gasteiger partial charge in [-0.15, -0.1) is 0 Å². The third kappa shape index (κ3) is 3.91. The largest absolute Gasteiger partial charge is 0.488 e. The smallest absolute Gasteiger partial charge is 0.274 e. The molecule has 2 rings (SSSR count). The molecule has 20 heavy (non-hydrogen) atoms. The lowest BCUT2D eigenvalue weighted by atomic mass is 10.3. The van der Waals surface area contributed by atoms with Crippen molar-refractivity contribution in [2.75, 3.05) is 11.9 Å². The van der Waals surface area contributed by atoms with Gasteiger partial charge in [-0.05, 0) is 13.0 Å². The Kier molecular flexibility index (Phi) is 4.91. The van der Waals surface area contributed by atoms with Gasteiger partial charge in [0.15, 0.2) is 5.13 Å². The second-order valence-electron chi connectivity index (χ2n) is 3.85. The van der Waals surface area contributed by atoms with Crippen LogP contribution in [-0.2, 0) is 6.61 Å². The topological polar surface area (TPSA) is 77.3 Å². The summed E-state index contributed by atoms with van der Waals surface area (Å²) in [5.41, 5.74) is -0.00739. The molecule has 6 nitrogen and oxygen atoms in total. The van der Waals surface area contributed by atoms with E-state index in [9.17, 15) is 10.1 Å². The molecule has 1 heterocycles. The highest BCUT2D eigenvalue weighted by atomic mass is 79.9. The number of nitro benzene ring substituents is 1. The minimum absolute atomic E-state index is 0.00739. The van der Waals surface area contributed by atoms with E-state index in [0.29, 0.717) is 16.8 Å². The summed E-state index contributed by atoms with van der Waals surface area (Å²) < 4.78 is 6.17. The summed E-state index contributed by atoms with van der Waals surface area (Å²) in [5, 5.41) is 14.7. The quantitative estimate of drug-likeness (QED) is 0.627. The number of hydrogen-bond acceptors (Lipinski definition) is 6. The third-order valence-corrected chi connectivity index (χ3v) is 3.72. The molecule has 0 atom stereocenters. The highest BCUT2D eigenvalue weighted by molar-refractivity contribution is 9.10. The molecule has 0 amide bonds. The highest BCUT2D eigenvalue weighted by Crippen LogP contribution is 2.27. The number of nitrogens with one attached hydrogen (secondary N) is 1. The van der Waals surface area contributed by atoms with Crippen molar-refractivity contribution in [2.24, 2.45) is 0 Å². The normalized spacial score (nSPS) is 10.3. The first kappa shape index (κ1) is 14.7. The number of benzene rings is 1. The fourth-order valence-corrected chi connectivity index (χ4v) is 2.75. The summed E-state index contributed by atoms with van der Waals surface area (Å²) in [6.45, 7) is 3.14. The van der Waals surface area contributed by atoms with Crippen LogP contribution in [0.2, 0.25) is 0 Å². The van der Waals surface area contributed by atoms with Gasteiger partial charge in [0.2, 0.25) is 0 Å². The van der Waals surface area contributed by atoms with Gasteiger partial charge >= 0.3 is 0 Å². The average Bonchev–Trinajstić information content (AvgIpc) is 2.84. The summed E-state index contributed by atoms with van der Waals surface area (Å²) in [5.74, 6) is 0.449. The Bertz CT molecular complexity index is 618. The van der Waals surface area contributed by atoms with E-state index in [4.69, 9.17) is 4.74 Å². The third-order valence-electron chi connectivity index (χ3n) is 2.33.